The van der Waals surface area contributed by atoms with Gasteiger partial charge < -0.3 is 9.94 Å². The van der Waals surface area contributed by atoms with E-state index < -0.39 is 18.2 Å². The highest BCUT2D eigenvalue weighted by atomic mass is 35.5. The summed E-state index contributed by atoms with van der Waals surface area (Å²) in [5, 5.41) is 13.1. The molecule has 0 amide bonds. The van der Waals surface area contributed by atoms with E-state index in [0.717, 1.165) is 12.1 Å². The summed E-state index contributed by atoms with van der Waals surface area (Å²) in [6, 6.07) is 9.33. The molecule has 1 atom stereocenters. The fourth-order valence-electron chi connectivity index (χ4n) is 2.50. The van der Waals surface area contributed by atoms with Crippen molar-refractivity contribution in [2.45, 2.75) is 18.2 Å². The molecule has 0 saturated carbocycles. The molecule has 126 valence electrons. The number of hydrogen-bond acceptors (Lipinski definition) is 3. The molecule has 0 bridgehead atoms. The van der Waals surface area contributed by atoms with Crippen LogP contribution in [0, 0.1) is 0 Å². The minimum atomic E-state index is -4.73. The van der Waals surface area contributed by atoms with Gasteiger partial charge in [-0.2, -0.15) is 13.2 Å². The van der Waals surface area contributed by atoms with Crippen molar-refractivity contribution in [3.8, 4) is 5.75 Å². The predicted octanol–water partition coefficient (Wildman–Crippen LogP) is 5.28. The van der Waals surface area contributed by atoms with Gasteiger partial charge in [-0.25, -0.2) is 0 Å². The molecular weight excluding hydrogens is 366 g/mol. The Morgan fingerprint density at radius 2 is 1.62 bits per heavy atom. The normalized spacial score (nSPS) is 20.6. The zero-order valence-electron chi connectivity index (χ0n) is 11.9. The van der Waals surface area contributed by atoms with Gasteiger partial charge in [-0.3, -0.25) is 0 Å². The van der Waals surface area contributed by atoms with Gasteiger partial charge in [0.2, 0.25) is 0 Å². The average Bonchev–Trinajstić information content (AvgIpc) is 2.93. The lowest BCUT2D eigenvalue weighted by Crippen LogP contribution is -2.42. The molecule has 2 aromatic rings. The molecule has 1 aliphatic rings. The van der Waals surface area contributed by atoms with Crippen LogP contribution in [0.5, 0.6) is 5.75 Å². The number of phenolic OH excluding ortho intramolecular Hbond substituents is 1. The molecule has 24 heavy (non-hydrogen) atoms. The van der Waals surface area contributed by atoms with Crippen molar-refractivity contribution >= 4 is 28.9 Å². The van der Waals surface area contributed by atoms with Crippen LogP contribution in [-0.2, 0) is 10.4 Å². The third-order valence-corrected chi connectivity index (χ3v) is 4.15. The monoisotopic (exact) mass is 375 g/mol. The number of phenols is 1. The van der Waals surface area contributed by atoms with Crippen molar-refractivity contribution in [2.75, 3.05) is 0 Å². The minimum absolute atomic E-state index is 0.00183. The molecule has 0 saturated heterocycles. The van der Waals surface area contributed by atoms with Crippen LogP contribution < -0.4 is 0 Å². The maximum atomic E-state index is 13.8. The van der Waals surface area contributed by atoms with E-state index >= 15 is 0 Å². The summed E-state index contributed by atoms with van der Waals surface area (Å²) in [7, 11) is 0. The summed E-state index contributed by atoms with van der Waals surface area (Å²) in [4.78, 5) is 4.88. The first-order valence-electron chi connectivity index (χ1n) is 6.79. The highest BCUT2D eigenvalue weighted by Crippen LogP contribution is 2.49. The van der Waals surface area contributed by atoms with E-state index in [9.17, 15) is 18.3 Å². The van der Waals surface area contributed by atoms with Gasteiger partial charge in [0.1, 0.15) is 5.75 Å². The van der Waals surface area contributed by atoms with E-state index in [-0.39, 0.29) is 27.1 Å². The molecule has 0 aliphatic carbocycles. The number of rotatable bonds is 2. The molecule has 1 aliphatic heterocycles. The van der Waals surface area contributed by atoms with Gasteiger partial charge in [-0.15, -0.1) is 0 Å². The average molecular weight is 376 g/mol. The van der Waals surface area contributed by atoms with Gasteiger partial charge in [0.05, 0.1) is 5.71 Å². The fraction of sp³-hybridized carbons (Fsp3) is 0.188. The molecule has 3 nitrogen and oxygen atoms in total. The highest BCUT2D eigenvalue weighted by Gasteiger charge is 2.62. The van der Waals surface area contributed by atoms with Crippen LogP contribution in [0.15, 0.2) is 47.6 Å². The van der Waals surface area contributed by atoms with Gasteiger partial charge in [-0.05, 0) is 48.0 Å². The zero-order valence-corrected chi connectivity index (χ0v) is 13.5. The number of oxime groups is 1. The zero-order chi connectivity index (χ0) is 17.5. The van der Waals surface area contributed by atoms with Crippen LogP contribution in [-0.4, -0.2) is 17.0 Å². The molecule has 0 radical (unpaired) electrons. The minimum Gasteiger partial charge on any atom is -0.508 e. The number of benzene rings is 2. The van der Waals surface area contributed by atoms with Gasteiger partial charge in [0, 0.05) is 22.0 Å². The van der Waals surface area contributed by atoms with Gasteiger partial charge in [0.15, 0.2) is 0 Å². The molecule has 2 aromatic carbocycles. The Kier molecular flexibility index (Phi) is 4.13. The van der Waals surface area contributed by atoms with Crippen LogP contribution >= 0.6 is 23.2 Å². The second-order valence-electron chi connectivity index (χ2n) is 5.34. The maximum Gasteiger partial charge on any atom is 0.435 e. The molecule has 0 spiro atoms. The van der Waals surface area contributed by atoms with E-state index in [2.05, 4.69) is 5.16 Å². The second kappa shape index (κ2) is 5.86. The second-order valence-corrected chi connectivity index (χ2v) is 6.21. The number of hydrogen-bond donors (Lipinski definition) is 1. The van der Waals surface area contributed by atoms with E-state index in [4.69, 9.17) is 28.0 Å². The van der Waals surface area contributed by atoms with Crippen molar-refractivity contribution in [2.24, 2.45) is 5.16 Å². The van der Waals surface area contributed by atoms with Crippen molar-refractivity contribution in [3.05, 3.63) is 63.6 Å². The molecular formula is C16H10Cl2F3NO2. The molecule has 3 rings (SSSR count). The topological polar surface area (TPSA) is 41.8 Å². The van der Waals surface area contributed by atoms with Crippen molar-refractivity contribution in [3.63, 3.8) is 0 Å². The molecule has 1 N–H and O–H groups in total. The molecule has 0 aromatic heterocycles. The van der Waals surface area contributed by atoms with E-state index in [1.54, 1.807) is 0 Å². The van der Waals surface area contributed by atoms with Crippen LogP contribution in [0.3, 0.4) is 0 Å². The first-order chi connectivity index (χ1) is 11.2. The number of alkyl halides is 3. The lowest BCUT2D eigenvalue weighted by Gasteiger charge is -2.29. The highest BCUT2D eigenvalue weighted by molar-refractivity contribution is 6.34. The van der Waals surface area contributed by atoms with Gasteiger partial charge >= 0.3 is 6.18 Å². The summed E-state index contributed by atoms with van der Waals surface area (Å²) in [5.41, 5.74) is -2.34. The standard InChI is InChI=1S/C16H10Cl2F3NO2/c17-11-5-10(6-12(18)7-11)15(16(19,20)21)8-14(22-24-15)9-1-3-13(23)4-2-9/h1-7,23H,8H2. The molecule has 1 unspecified atom stereocenters. The smallest absolute Gasteiger partial charge is 0.435 e. The number of halogens is 5. The van der Waals surface area contributed by atoms with Crippen LogP contribution in [0.25, 0.3) is 0 Å². The summed E-state index contributed by atoms with van der Waals surface area (Å²) < 4.78 is 41.4. The first-order valence-corrected chi connectivity index (χ1v) is 7.55. The Balaban J connectivity index is 2.03. The molecule has 0 fully saturated rings. The van der Waals surface area contributed by atoms with E-state index in [1.165, 1.54) is 30.3 Å². The van der Waals surface area contributed by atoms with E-state index in [1.807, 2.05) is 0 Å². The van der Waals surface area contributed by atoms with Gasteiger partial charge in [-0.1, -0.05) is 28.4 Å². The lowest BCUT2D eigenvalue weighted by atomic mass is 9.86. The van der Waals surface area contributed by atoms with Crippen molar-refractivity contribution in [1.29, 1.82) is 0 Å². The molecule has 1 heterocycles. The SMILES string of the molecule is Oc1ccc(C2=NOC(c3cc(Cl)cc(Cl)c3)(C(F)(F)F)C2)cc1. The summed E-state index contributed by atoms with van der Waals surface area (Å²) in [6.45, 7) is 0. The Morgan fingerprint density at radius 3 is 2.17 bits per heavy atom. The Labute approximate surface area is 145 Å². The Morgan fingerprint density at radius 1 is 1.04 bits per heavy atom. The van der Waals surface area contributed by atoms with Crippen LogP contribution in [0.1, 0.15) is 17.5 Å². The maximum absolute atomic E-state index is 13.8. The summed E-state index contributed by atoms with van der Waals surface area (Å²) >= 11 is 11.7. The van der Waals surface area contributed by atoms with Crippen molar-refractivity contribution in [1.82, 2.24) is 0 Å². The Hall–Kier alpha value is -1.92. The number of nitrogens with zero attached hydrogens (tertiary/aromatic N) is 1. The van der Waals surface area contributed by atoms with Gasteiger partial charge in [0.25, 0.3) is 5.60 Å². The van der Waals surface area contributed by atoms with Crippen LogP contribution in [0.4, 0.5) is 13.2 Å². The first kappa shape index (κ1) is 16.9. The third-order valence-electron chi connectivity index (χ3n) is 3.72. The third kappa shape index (κ3) is 2.91. The molecule has 8 heteroatoms. The summed E-state index contributed by atoms with van der Waals surface area (Å²) in [6.07, 6.45) is -5.26. The van der Waals surface area contributed by atoms with Crippen molar-refractivity contribution < 1.29 is 23.1 Å². The fourth-order valence-corrected chi connectivity index (χ4v) is 3.03. The van der Waals surface area contributed by atoms with Crippen LogP contribution in [0.2, 0.25) is 10.0 Å². The predicted molar refractivity (Wildman–Crippen MR) is 84.5 cm³/mol. The quantitative estimate of drug-likeness (QED) is 0.775. The number of aromatic hydroxyl groups is 1. The van der Waals surface area contributed by atoms with E-state index in [0.29, 0.717) is 5.56 Å². The summed E-state index contributed by atoms with van der Waals surface area (Å²) in [5.74, 6) is 0.00183. The Bertz CT molecular complexity index is 786. The largest absolute Gasteiger partial charge is 0.508 e. The lowest BCUT2D eigenvalue weighted by molar-refractivity contribution is -0.275.